The lowest BCUT2D eigenvalue weighted by atomic mass is 10.1. The molecule has 0 spiro atoms. The second kappa shape index (κ2) is 11.7. The van der Waals surface area contributed by atoms with Gasteiger partial charge in [0.2, 0.25) is 5.91 Å². The van der Waals surface area contributed by atoms with Crippen LogP contribution in [0.1, 0.15) is 18.1 Å². The van der Waals surface area contributed by atoms with Crippen LogP contribution in [0.4, 0.5) is 8.78 Å². The number of amides is 1. The molecule has 1 amide bonds. The fraction of sp³-hybridized carbons (Fsp3) is 0.333. The highest BCUT2D eigenvalue weighted by atomic mass is 19.1. The molecular weight excluding hydrogens is 362 g/mol. The second-order valence-electron chi connectivity index (χ2n) is 6.22. The molecule has 5 nitrogen and oxygen atoms in total. The van der Waals surface area contributed by atoms with E-state index in [-0.39, 0.29) is 24.0 Å². The molecule has 0 bridgehead atoms. The van der Waals surface area contributed by atoms with Gasteiger partial charge in [0.1, 0.15) is 11.6 Å². The number of hydrogen-bond acceptors (Lipinski definition) is 2. The van der Waals surface area contributed by atoms with Gasteiger partial charge in [0.05, 0.1) is 6.42 Å². The summed E-state index contributed by atoms with van der Waals surface area (Å²) in [5.41, 5.74) is 1.53. The molecule has 0 atom stereocenters. The van der Waals surface area contributed by atoms with Crippen molar-refractivity contribution < 1.29 is 13.6 Å². The van der Waals surface area contributed by atoms with Crippen LogP contribution in [0.5, 0.6) is 0 Å². The van der Waals surface area contributed by atoms with Crippen molar-refractivity contribution in [2.45, 2.75) is 19.8 Å². The molecule has 0 fully saturated rings. The molecule has 0 unspecified atom stereocenters. The van der Waals surface area contributed by atoms with E-state index >= 15 is 0 Å². The summed E-state index contributed by atoms with van der Waals surface area (Å²) in [6.07, 6.45) is 0.776. The number of benzene rings is 2. The zero-order chi connectivity index (χ0) is 20.2. The summed E-state index contributed by atoms with van der Waals surface area (Å²) in [5.74, 6) is -0.129. The molecule has 2 rings (SSSR count). The highest BCUT2D eigenvalue weighted by Crippen LogP contribution is 2.05. The number of guanidine groups is 1. The predicted molar refractivity (Wildman–Crippen MR) is 107 cm³/mol. The van der Waals surface area contributed by atoms with Crippen LogP contribution in [0.3, 0.4) is 0 Å². The molecule has 0 radical (unpaired) electrons. The van der Waals surface area contributed by atoms with Crippen molar-refractivity contribution in [2.24, 2.45) is 4.99 Å². The molecule has 0 aromatic heterocycles. The first-order valence-corrected chi connectivity index (χ1v) is 9.34. The summed E-state index contributed by atoms with van der Waals surface area (Å²) >= 11 is 0. The molecule has 0 aliphatic heterocycles. The molecular formula is C21H26F2N4O. The van der Waals surface area contributed by atoms with Crippen LogP contribution in [0, 0.1) is 11.6 Å². The number of halogens is 2. The normalized spacial score (nSPS) is 11.2. The van der Waals surface area contributed by atoms with Gasteiger partial charge in [-0.1, -0.05) is 24.3 Å². The monoisotopic (exact) mass is 388 g/mol. The van der Waals surface area contributed by atoms with Crippen molar-refractivity contribution in [3.05, 3.63) is 71.3 Å². The average molecular weight is 388 g/mol. The van der Waals surface area contributed by atoms with E-state index in [0.717, 1.165) is 5.56 Å². The number of carbonyl (C=O) groups is 1. The summed E-state index contributed by atoms with van der Waals surface area (Å²) in [5, 5.41) is 9.05. The van der Waals surface area contributed by atoms with Crippen LogP contribution in [0.15, 0.2) is 53.5 Å². The Balaban J connectivity index is 1.71. The van der Waals surface area contributed by atoms with Gasteiger partial charge in [0.15, 0.2) is 5.96 Å². The zero-order valence-electron chi connectivity index (χ0n) is 16.0. The van der Waals surface area contributed by atoms with Gasteiger partial charge in [-0.15, -0.1) is 0 Å². The SMILES string of the molecule is CCNC(=NCCc1cccc(F)c1)NCCNC(=O)Cc1cccc(F)c1. The molecule has 3 N–H and O–H groups in total. The van der Waals surface area contributed by atoms with E-state index in [2.05, 4.69) is 20.9 Å². The Morgan fingerprint density at radius 1 is 0.929 bits per heavy atom. The number of hydrogen-bond donors (Lipinski definition) is 3. The summed E-state index contributed by atoms with van der Waals surface area (Å²) in [4.78, 5) is 16.4. The quantitative estimate of drug-likeness (QED) is 0.351. The fourth-order valence-corrected chi connectivity index (χ4v) is 2.61. The van der Waals surface area contributed by atoms with Crippen molar-refractivity contribution in [2.75, 3.05) is 26.2 Å². The van der Waals surface area contributed by atoms with Crippen molar-refractivity contribution in [3.8, 4) is 0 Å². The third-order valence-corrected chi connectivity index (χ3v) is 3.90. The molecule has 0 aliphatic carbocycles. The first-order chi connectivity index (χ1) is 13.6. The molecule has 150 valence electrons. The van der Waals surface area contributed by atoms with E-state index < -0.39 is 0 Å². The average Bonchev–Trinajstić information content (AvgIpc) is 2.65. The fourth-order valence-electron chi connectivity index (χ4n) is 2.61. The summed E-state index contributed by atoms with van der Waals surface area (Å²) in [7, 11) is 0. The number of rotatable bonds is 9. The molecule has 0 heterocycles. The zero-order valence-corrected chi connectivity index (χ0v) is 16.0. The third-order valence-electron chi connectivity index (χ3n) is 3.90. The van der Waals surface area contributed by atoms with Crippen LogP contribution >= 0.6 is 0 Å². The van der Waals surface area contributed by atoms with Gasteiger partial charge in [0.25, 0.3) is 0 Å². The molecule has 2 aromatic carbocycles. The minimum absolute atomic E-state index is 0.138. The Kier molecular flexibility index (Phi) is 8.91. The van der Waals surface area contributed by atoms with Crippen LogP contribution in [0.25, 0.3) is 0 Å². The van der Waals surface area contributed by atoms with Gasteiger partial charge >= 0.3 is 0 Å². The topological polar surface area (TPSA) is 65.5 Å². The molecule has 7 heteroatoms. The molecule has 2 aromatic rings. The number of carbonyl (C=O) groups excluding carboxylic acids is 1. The number of aliphatic imine (C=N–C) groups is 1. The first-order valence-electron chi connectivity index (χ1n) is 9.34. The highest BCUT2D eigenvalue weighted by Gasteiger charge is 2.04. The van der Waals surface area contributed by atoms with Crippen LogP contribution in [-0.4, -0.2) is 38.0 Å². The summed E-state index contributed by atoms with van der Waals surface area (Å²) in [6.45, 7) is 4.11. The number of nitrogens with zero attached hydrogens (tertiary/aromatic N) is 1. The van der Waals surface area contributed by atoms with Crippen molar-refractivity contribution in [1.29, 1.82) is 0 Å². The summed E-state index contributed by atoms with van der Waals surface area (Å²) in [6, 6.07) is 12.5. The van der Waals surface area contributed by atoms with E-state index in [0.29, 0.717) is 44.1 Å². The van der Waals surface area contributed by atoms with Gasteiger partial charge in [-0.2, -0.15) is 0 Å². The minimum atomic E-state index is -0.350. The van der Waals surface area contributed by atoms with Crippen LogP contribution in [0.2, 0.25) is 0 Å². The Hall–Kier alpha value is -2.96. The van der Waals surface area contributed by atoms with Crippen LogP contribution in [-0.2, 0) is 17.6 Å². The van der Waals surface area contributed by atoms with Crippen LogP contribution < -0.4 is 16.0 Å². The maximum absolute atomic E-state index is 13.2. The lowest BCUT2D eigenvalue weighted by molar-refractivity contribution is -0.120. The van der Waals surface area contributed by atoms with Crippen molar-refractivity contribution in [1.82, 2.24) is 16.0 Å². The highest BCUT2D eigenvalue weighted by molar-refractivity contribution is 5.80. The maximum Gasteiger partial charge on any atom is 0.224 e. The minimum Gasteiger partial charge on any atom is -0.357 e. The van der Waals surface area contributed by atoms with E-state index in [1.54, 1.807) is 18.2 Å². The van der Waals surface area contributed by atoms with Crippen molar-refractivity contribution in [3.63, 3.8) is 0 Å². The smallest absolute Gasteiger partial charge is 0.224 e. The van der Waals surface area contributed by atoms with E-state index in [1.165, 1.54) is 24.3 Å². The Morgan fingerprint density at radius 2 is 1.57 bits per heavy atom. The lowest BCUT2D eigenvalue weighted by Crippen LogP contribution is -2.41. The van der Waals surface area contributed by atoms with E-state index in [1.807, 2.05) is 13.0 Å². The van der Waals surface area contributed by atoms with Crippen molar-refractivity contribution >= 4 is 11.9 Å². The Morgan fingerprint density at radius 3 is 2.25 bits per heavy atom. The van der Waals surface area contributed by atoms with E-state index in [4.69, 9.17) is 0 Å². The molecule has 0 saturated carbocycles. The lowest BCUT2D eigenvalue weighted by Gasteiger charge is -2.12. The third kappa shape index (κ3) is 8.16. The molecule has 0 saturated heterocycles. The predicted octanol–water partition coefficient (Wildman–Crippen LogP) is 2.42. The van der Waals surface area contributed by atoms with Gasteiger partial charge in [-0.05, 0) is 48.7 Å². The van der Waals surface area contributed by atoms with Gasteiger partial charge in [-0.25, -0.2) is 8.78 Å². The van der Waals surface area contributed by atoms with Gasteiger partial charge in [0, 0.05) is 26.2 Å². The molecule has 28 heavy (non-hydrogen) atoms. The van der Waals surface area contributed by atoms with Gasteiger partial charge in [-0.3, -0.25) is 9.79 Å². The molecule has 0 aliphatic rings. The van der Waals surface area contributed by atoms with E-state index in [9.17, 15) is 13.6 Å². The Labute approximate surface area is 164 Å². The Bertz CT molecular complexity index is 795. The number of nitrogens with one attached hydrogen (secondary N) is 3. The maximum atomic E-state index is 13.2. The second-order valence-corrected chi connectivity index (χ2v) is 6.22. The van der Waals surface area contributed by atoms with Gasteiger partial charge < -0.3 is 16.0 Å². The first kappa shape index (κ1) is 21.3. The summed E-state index contributed by atoms with van der Waals surface area (Å²) < 4.78 is 26.3. The standard InChI is InChI=1S/C21H26F2N4O/c1-2-24-21(26-10-9-16-5-3-7-18(22)13-16)27-12-11-25-20(28)15-17-6-4-8-19(23)14-17/h3-8,13-14H,2,9-12,15H2,1H3,(H,25,28)(H2,24,26,27). The largest absolute Gasteiger partial charge is 0.357 e.